The summed E-state index contributed by atoms with van der Waals surface area (Å²) in [5, 5.41) is 11.4. The zero-order chi connectivity index (χ0) is 21.7. The van der Waals surface area contributed by atoms with Gasteiger partial charge in [0.15, 0.2) is 0 Å². The first-order valence-corrected chi connectivity index (χ1v) is 10.8. The molecule has 2 atom stereocenters. The molecule has 2 aliphatic rings. The molecule has 0 aliphatic carbocycles. The highest BCUT2D eigenvalue weighted by Crippen LogP contribution is 2.25. The van der Waals surface area contributed by atoms with Crippen LogP contribution in [-0.2, 0) is 4.79 Å². The lowest BCUT2D eigenvalue weighted by molar-refractivity contribution is -0.115. The number of carbonyl (C=O) groups is 3. The van der Waals surface area contributed by atoms with Gasteiger partial charge in [0, 0.05) is 42.0 Å². The Morgan fingerprint density at radius 1 is 0.933 bits per heavy atom. The van der Waals surface area contributed by atoms with E-state index in [1.807, 2.05) is 29.7 Å². The molecule has 1 N–H and O–H groups in total. The molecule has 0 radical (unpaired) electrons. The Morgan fingerprint density at radius 3 is 1.87 bits per heavy atom. The van der Waals surface area contributed by atoms with Crippen molar-refractivity contribution in [2.75, 3.05) is 18.4 Å². The summed E-state index contributed by atoms with van der Waals surface area (Å²) >= 11 is 0. The number of piperidine rings is 2. The van der Waals surface area contributed by atoms with Gasteiger partial charge >= 0.3 is 0 Å². The lowest BCUT2D eigenvalue weighted by atomic mass is 9.99. The van der Waals surface area contributed by atoms with Crippen LogP contribution in [0.3, 0.4) is 0 Å². The number of nitrogens with zero attached hydrogens (tertiary/aromatic N) is 3. The number of carbonyl (C=O) groups excluding carboxylic acids is 3. The van der Waals surface area contributed by atoms with Crippen LogP contribution in [0.15, 0.2) is 18.2 Å². The monoisotopic (exact) mass is 410 g/mol. The summed E-state index contributed by atoms with van der Waals surface area (Å²) < 4.78 is 0. The zero-order valence-corrected chi connectivity index (χ0v) is 17.8. The molecule has 0 spiro atoms. The average molecular weight is 411 g/mol. The molecule has 7 heteroatoms. The number of likely N-dealkylation sites (tertiary alicyclic amines) is 2. The van der Waals surface area contributed by atoms with Crippen LogP contribution in [0.2, 0.25) is 0 Å². The van der Waals surface area contributed by atoms with E-state index in [-0.39, 0.29) is 30.3 Å². The van der Waals surface area contributed by atoms with Gasteiger partial charge in [-0.3, -0.25) is 14.4 Å². The molecule has 0 aromatic heterocycles. The third kappa shape index (κ3) is 4.99. The summed E-state index contributed by atoms with van der Waals surface area (Å²) in [6.45, 7) is 5.46. The Balaban J connectivity index is 1.93. The number of amides is 3. The summed E-state index contributed by atoms with van der Waals surface area (Å²) in [7, 11) is 0. The van der Waals surface area contributed by atoms with Crippen LogP contribution < -0.4 is 5.32 Å². The van der Waals surface area contributed by atoms with Crippen LogP contribution >= 0.6 is 0 Å². The van der Waals surface area contributed by atoms with E-state index in [1.165, 1.54) is 0 Å². The summed E-state index contributed by atoms with van der Waals surface area (Å²) in [6, 6.07) is 6.96. The van der Waals surface area contributed by atoms with Crippen molar-refractivity contribution in [3.05, 3.63) is 29.3 Å². The summed E-state index contributed by atoms with van der Waals surface area (Å²) in [5.74, 6) is -0.711. The predicted molar refractivity (Wildman–Crippen MR) is 114 cm³/mol. The van der Waals surface area contributed by atoms with Crippen molar-refractivity contribution in [3.63, 3.8) is 0 Å². The van der Waals surface area contributed by atoms with Crippen molar-refractivity contribution >= 4 is 23.4 Å². The Bertz CT molecular complexity index is 808. The maximum atomic E-state index is 13.2. The highest BCUT2D eigenvalue weighted by atomic mass is 16.2. The molecule has 1 aromatic carbocycles. The molecule has 0 saturated carbocycles. The molecule has 160 valence electrons. The first kappa shape index (κ1) is 21.8. The minimum absolute atomic E-state index is 0.126. The summed E-state index contributed by atoms with van der Waals surface area (Å²) in [4.78, 5) is 42.1. The molecule has 7 nitrogen and oxygen atoms in total. The van der Waals surface area contributed by atoms with Gasteiger partial charge in [0.2, 0.25) is 5.91 Å². The fourth-order valence-electron chi connectivity index (χ4n) is 4.36. The normalized spacial score (nSPS) is 21.6. The molecule has 0 bridgehead atoms. The van der Waals surface area contributed by atoms with Crippen LogP contribution in [-0.4, -0.2) is 52.7 Å². The van der Waals surface area contributed by atoms with Gasteiger partial charge in [-0.05, 0) is 70.6 Å². The van der Waals surface area contributed by atoms with Gasteiger partial charge in [0.05, 0.1) is 6.07 Å². The molecule has 2 unspecified atom stereocenters. The van der Waals surface area contributed by atoms with Gasteiger partial charge in [0.25, 0.3) is 11.8 Å². The van der Waals surface area contributed by atoms with E-state index in [2.05, 4.69) is 5.32 Å². The highest BCUT2D eigenvalue weighted by Gasteiger charge is 2.28. The molecule has 1 aromatic rings. The second-order valence-corrected chi connectivity index (χ2v) is 8.37. The Kier molecular flexibility index (Phi) is 7.09. The molecule has 3 rings (SSSR count). The van der Waals surface area contributed by atoms with Gasteiger partial charge < -0.3 is 15.1 Å². The number of benzene rings is 1. The number of nitriles is 1. The third-order valence-electron chi connectivity index (χ3n) is 6.08. The maximum Gasteiger partial charge on any atom is 0.254 e. The second-order valence-electron chi connectivity index (χ2n) is 8.37. The van der Waals surface area contributed by atoms with Gasteiger partial charge in [0.1, 0.15) is 6.42 Å². The van der Waals surface area contributed by atoms with Gasteiger partial charge in [-0.25, -0.2) is 0 Å². The number of anilines is 1. The van der Waals surface area contributed by atoms with E-state index < -0.39 is 5.91 Å². The van der Waals surface area contributed by atoms with E-state index in [9.17, 15) is 14.4 Å². The molecular formula is C23H30N4O3. The van der Waals surface area contributed by atoms with Crippen molar-refractivity contribution in [2.24, 2.45) is 0 Å². The van der Waals surface area contributed by atoms with Crippen LogP contribution in [0.5, 0.6) is 0 Å². The quantitative estimate of drug-likeness (QED) is 0.821. The SMILES string of the molecule is CC1CCCCN1C(=O)c1cc(NC(=O)CC#N)cc(C(=O)N2CCCCC2C)c1. The van der Waals surface area contributed by atoms with E-state index in [0.29, 0.717) is 29.9 Å². The van der Waals surface area contributed by atoms with Crippen LogP contribution in [0.1, 0.15) is 79.5 Å². The lowest BCUT2D eigenvalue weighted by Crippen LogP contribution is -2.43. The molecule has 2 heterocycles. The first-order valence-electron chi connectivity index (χ1n) is 10.8. The zero-order valence-electron chi connectivity index (χ0n) is 17.8. The topological polar surface area (TPSA) is 93.5 Å². The van der Waals surface area contributed by atoms with Crippen LogP contribution in [0, 0.1) is 11.3 Å². The largest absolute Gasteiger partial charge is 0.336 e. The Labute approximate surface area is 178 Å². The molecular weight excluding hydrogens is 380 g/mol. The fraction of sp³-hybridized carbons (Fsp3) is 0.565. The van der Waals surface area contributed by atoms with E-state index >= 15 is 0 Å². The maximum absolute atomic E-state index is 13.2. The Hall–Kier alpha value is -2.88. The van der Waals surface area contributed by atoms with Crippen molar-refractivity contribution in [1.29, 1.82) is 5.26 Å². The third-order valence-corrected chi connectivity index (χ3v) is 6.08. The minimum Gasteiger partial charge on any atom is -0.336 e. The minimum atomic E-state index is -0.460. The number of rotatable bonds is 4. The van der Waals surface area contributed by atoms with Gasteiger partial charge in [-0.2, -0.15) is 5.26 Å². The number of nitrogens with one attached hydrogen (secondary N) is 1. The number of hydrogen-bond donors (Lipinski definition) is 1. The Morgan fingerprint density at radius 2 is 1.43 bits per heavy atom. The molecule has 2 aliphatic heterocycles. The van der Waals surface area contributed by atoms with Crippen LogP contribution in [0.25, 0.3) is 0 Å². The summed E-state index contributed by atoms with van der Waals surface area (Å²) in [6.07, 6.45) is 5.77. The fourth-order valence-corrected chi connectivity index (χ4v) is 4.36. The average Bonchev–Trinajstić information content (AvgIpc) is 2.73. The smallest absolute Gasteiger partial charge is 0.254 e. The van der Waals surface area contributed by atoms with E-state index in [1.54, 1.807) is 18.2 Å². The van der Waals surface area contributed by atoms with Gasteiger partial charge in [-0.15, -0.1) is 0 Å². The van der Waals surface area contributed by atoms with Crippen molar-refractivity contribution in [1.82, 2.24) is 9.80 Å². The molecule has 2 fully saturated rings. The first-order chi connectivity index (χ1) is 14.4. The number of hydrogen-bond acceptors (Lipinski definition) is 4. The van der Waals surface area contributed by atoms with Crippen LogP contribution in [0.4, 0.5) is 5.69 Å². The molecule has 3 amide bonds. The van der Waals surface area contributed by atoms with Crippen molar-refractivity contribution in [2.45, 2.75) is 70.9 Å². The van der Waals surface area contributed by atoms with Gasteiger partial charge in [-0.1, -0.05) is 0 Å². The molecule has 30 heavy (non-hydrogen) atoms. The standard InChI is InChI=1S/C23H30N4O3/c1-16-7-3-5-11-26(16)22(29)18-13-19(15-20(14-18)25-21(28)9-10-24)23(30)27-12-6-4-8-17(27)2/h13-17H,3-9,11-12H2,1-2H3,(H,25,28). The van der Waals surface area contributed by atoms with E-state index in [4.69, 9.17) is 5.26 Å². The lowest BCUT2D eigenvalue weighted by Gasteiger charge is -2.34. The summed E-state index contributed by atoms with van der Waals surface area (Å²) in [5.41, 5.74) is 1.16. The molecule has 2 saturated heterocycles. The van der Waals surface area contributed by atoms with Crippen molar-refractivity contribution in [3.8, 4) is 6.07 Å². The highest BCUT2D eigenvalue weighted by molar-refractivity contribution is 6.03. The second kappa shape index (κ2) is 9.75. The van der Waals surface area contributed by atoms with E-state index in [0.717, 1.165) is 38.5 Å². The predicted octanol–water partition coefficient (Wildman–Crippen LogP) is 3.57. The van der Waals surface area contributed by atoms with Crippen molar-refractivity contribution < 1.29 is 14.4 Å².